The van der Waals surface area contributed by atoms with Crippen molar-refractivity contribution in [2.75, 3.05) is 0 Å². The van der Waals surface area contributed by atoms with E-state index in [0.717, 1.165) is 12.2 Å². The molecule has 0 aromatic heterocycles. The summed E-state index contributed by atoms with van der Waals surface area (Å²) in [6, 6.07) is 4.70. The quantitative estimate of drug-likeness (QED) is 0.511. The molecule has 2 nitrogen and oxygen atoms in total. The Bertz CT molecular complexity index is 476. The van der Waals surface area contributed by atoms with E-state index in [1.54, 1.807) is 0 Å². The maximum Gasteiger partial charge on any atom is 0.146 e. The third kappa shape index (κ3) is 2.65. The van der Waals surface area contributed by atoms with Crippen molar-refractivity contribution in [1.82, 2.24) is 0 Å². The molecule has 5 heteroatoms. The van der Waals surface area contributed by atoms with Crippen molar-refractivity contribution in [1.29, 1.82) is 0 Å². The van der Waals surface area contributed by atoms with Crippen molar-refractivity contribution in [3.8, 4) is 5.75 Å². The van der Waals surface area contributed by atoms with Crippen molar-refractivity contribution < 1.29 is 4.74 Å². The molecule has 2 unspecified atom stereocenters. The van der Waals surface area contributed by atoms with Crippen molar-refractivity contribution in [2.24, 2.45) is 11.1 Å². The second-order valence-electron chi connectivity index (χ2n) is 5.59. The monoisotopic (exact) mass is 595 g/mol. The normalized spacial score (nSPS) is 28.4. The Hall–Kier alpha value is 1.17. The second-order valence-corrected chi connectivity index (χ2v) is 9.16. The number of hydrogen-bond acceptors (Lipinski definition) is 2. The van der Waals surface area contributed by atoms with Crippen LogP contribution in [0, 0.1) is 16.1 Å². The maximum absolute atomic E-state index is 6.38. The molecule has 2 aliphatic rings. The van der Waals surface area contributed by atoms with Crippen LogP contribution < -0.4 is 10.5 Å². The van der Waals surface area contributed by atoms with Crippen LogP contribution in [0.3, 0.4) is 0 Å². The van der Waals surface area contributed by atoms with Crippen molar-refractivity contribution in [2.45, 2.75) is 44.2 Å². The molecule has 0 heterocycles. The van der Waals surface area contributed by atoms with Gasteiger partial charge in [0, 0.05) is 21.4 Å². The molecule has 2 atom stereocenters. The summed E-state index contributed by atoms with van der Waals surface area (Å²) in [6.45, 7) is 0. The minimum atomic E-state index is 0.273. The first kappa shape index (κ1) is 15.1. The fourth-order valence-electron chi connectivity index (χ4n) is 3.45. The third-order valence-electron chi connectivity index (χ3n) is 4.61. The summed E-state index contributed by atoms with van der Waals surface area (Å²) in [5, 5.41) is 0. The fraction of sp³-hybridized carbons (Fsp3) is 0.571. The van der Waals surface area contributed by atoms with Crippen molar-refractivity contribution in [3.05, 3.63) is 22.8 Å². The molecule has 1 spiro atoms. The fourth-order valence-corrected chi connectivity index (χ4v) is 7.29. The molecule has 104 valence electrons. The van der Waals surface area contributed by atoms with Crippen LogP contribution >= 0.6 is 67.8 Å². The minimum absolute atomic E-state index is 0.273. The molecule has 2 saturated carbocycles. The van der Waals surface area contributed by atoms with Crippen LogP contribution in [0.1, 0.15) is 32.1 Å². The van der Waals surface area contributed by atoms with Crippen LogP contribution in [0.15, 0.2) is 12.1 Å². The molecule has 0 saturated heterocycles. The van der Waals surface area contributed by atoms with Gasteiger partial charge in [-0.25, -0.2) is 0 Å². The Morgan fingerprint density at radius 2 is 1.68 bits per heavy atom. The lowest BCUT2D eigenvalue weighted by atomic mass is 9.61. The molecular weight excluding hydrogens is 579 g/mol. The summed E-state index contributed by atoms with van der Waals surface area (Å²) in [4.78, 5) is 0. The summed E-state index contributed by atoms with van der Waals surface area (Å²) >= 11 is 7.11. The third-order valence-corrected chi connectivity index (χ3v) is 6.83. The smallest absolute Gasteiger partial charge is 0.146 e. The van der Waals surface area contributed by atoms with Gasteiger partial charge in [-0.15, -0.1) is 0 Å². The highest BCUT2D eigenvalue weighted by molar-refractivity contribution is 14.1. The van der Waals surface area contributed by atoms with Crippen molar-refractivity contribution >= 4 is 67.8 Å². The lowest BCUT2D eigenvalue weighted by molar-refractivity contribution is -0.0628. The van der Waals surface area contributed by atoms with E-state index in [-0.39, 0.29) is 5.41 Å². The first-order chi connectivity index (χ1) is 9.03. The molecule has 2 fully saturated rings. The average Bonchev–Trinajstić information content (AvgIpc) is 2.84. The molecule has 2 N–H and O–H groups in total. The van der Waals surface area contributed by atoms with E-state index in [1.807, 2.05) is 0 Å². The van der Waals surface area contributed by atoms with Crippen LogP contribution in [-0.2, 0) is 0 Å². The number of benzene rings is 1. The molecule has 0 radical (unpaired) electrons. The highest BCUT2D eigenvalue weighted by atomic mass is 127. The minimum Gasteiger partial charge on any atom is -0.488 e. The van der Waals surface area contributed by atoms with Gasteiger partial charge in [-0.1, -0.05) is 12.8 Å². The molecule has 1 aromatic carbocycles. The summed E-state index contributed by atoms with van der Waals surface area (Å²) in [5.41, 5.74) is 6.55. The summed E-state index contributed by atoms with van der Waals surface area (Å²) in [5.74, 6) is 1.06. The molecule has 0 amide bonds. The first-order valence-electron chi connectivity index (χ1n) is 6.60. The summed E-state index contributed by atoms with van der Waals surface area (Å²) in [6.07, 6.45) is 6.46. The number of rotatable bonds is 2. The van der Waals surface area contributed by atoms with E-state index >= 15 is 0 Å². The summed E-state index contributed by atoms with van der Waals surface area (Å²) in [7, 11) is 0. The van der Waals surface area contributed by atoms with Gasteiger partial charge in [0.2, 0.25) is 0 Å². The molecule has 3 rings (SSSR count). The Labute approximate surface area is 155 Å². The highest BCUT2D eigenvalue weighted by Gasteiger charge is 2.56. The molecule has 19 heavy (non-hydrogen) atoms. The van der Waals surface area contributed by atoms with Gasteiger partial charge in [0.25, 0.3) is 0 Å². The van der Waals surface area contributed by atoms with E-state index < -0.39 is 0 Å². The molecule has 0 aliphatic heterocycles. The lowest BCUT2D eigenvalue weighted by Crippen LogP contribution is -2.62. The van der Waals surface area contributed by atoms with Crippen LogP contribution in [0.25, 0.3) is 0 Å². The Balaban J connectivity index is 1.83. The number of hydrogen-bond donors (Lipinski definition) is 1. The van der Waals surface area contributed by atoms with Gasteiger partial charge >= 0.3 is 0 Å². The van der Waals surface area contributed by atoms with Crippen LogP contribution in [0.5, 0.6) is 5.75 Å². The zero-order chi connectivity index (χ0) is 13.6. The van der Waals surface area contributed by atoms with E-state index in [0.29, 0.717) is 12.1 Å². The number of nitrogens with two attached hydrogens (primary N) is 1. The topological polar surface area (TPSA) is 35.2 Å². The Morgan fingerprint density at radius 1 is 1.11 bits per heavy atom. The van der Waals surface area contributed by atoms with Gasteiger partial charge in [-0.05, 0) is 92.7 Å². The number of ether oxygens (including phenoxy) is 1. The van der Waals surface area contributed by atoms with Gasteiger partial charge in [0.1, 0.15) is 11.9 Å². The standard InChI is InChI=1S/C14H16I3NO/c15-8-5-9(16)13(10(17)6-8)19-12-7-11(18)14(12)3-1-2-4-14/h5-6,11-12H,1-4,7,18H2. The zero-order valence-corrected chi connectivity index (χ0v) is 16.9. The maximum atomic E-state index is 6.38. The van der Waals surface area contributed by atoms with Crippen LogP contribution in [-0.4, -0.2) is 12.1 Å². The van der Waals surface area contributed by atoms with Crippen LogP contribution in [0.4, 0.5) is 0 Å². The average molecular weight is 595 g/mol. The zero-order valence-electron chi connectivity index (χ0n) is 10.5. The van der Waals surface area contributed by atoms with Gasteiger partial charge in [0.15, 0.2) is 0 Å². The Morgan fingerprint density at radius 3 is 2.21 bits per heavy atom. The first-order valence-corrected chi connectivity index (χ1v) is 9.83. The van der Waals surface area contributed by atoms with E-state index in [1.165, 1.54) is 36.4 Å². The second kappa shape index (κ2) is 5.75. The molecule has 2 aliphatic carbocycles. The molecular formula is C14H16I3NO. The van der Waals surface area contributed by atoms with Gasteiger partial charge < -0.3 is 10.5 Å². The molecule has 0 bridgehead atoms. The number of halogens is 3. The lowest BCUT2D eigenvalue weighted by Gasteiger charge is -2.52. The van der Waals surface area contributed by atoms with Crippen molar-refractivity contribution in [3.63, 3.8) is 0 Å². The van der Waals surface area contributed by atoms with E-state index in [4.69, 9.17) is 10.5 Å². The SMILES string of the molecule is NC1CC(Oc2c(I)cc(I)cc2I)C12CCCC2. The molecule has 1 aromatic rings. The predicted molar refractivity (Wildman–Crippen MR) is 103 cm³/mol. The van der Waals surface area contributed by atoms with Gasteiger partial charge in [-0.2, -0.15) is 0 Å². The Kier molecular flexibility index (Phi) is 4.57. The highest BCUT2D eigenvalue weighted by Crippen LogP contribution is 2.54. The van der Waals surface area contributed by atoms with Crippen LogP contribution in [0.2, 0.25) is 0 Å². The van der Waals surface area contributed by atoms with Gasteiger partial charge in [0.05, 0.1) is 7.14 Å². The van der Waals surface area contributed by atoms with E-state index in [2.05, 4.69) is 79.9 Å². The van der Waals surface area contributed by atoms with E-state index in [9.17, 15) is 0 Å². The van der Waals surface area contributed by atoms with Gasteiger partial charge in [-0.3, -0.25) is 0 Å². The summed E-state index contributed by atoms with van der Waals surface area (Å²) < 4.78 is 10.1. The predicted octanol–water partition coefficient (Wildman–Crippen LogP) is 4.54. The largest absolute Gasteiger partial charge is 0.488 e.